The number of carbonyl (C=O) groups is 2. The van der Waals surface area contributed by atoms with E-state index in [4.69, 9.17) is 20.5 Å². The third-order valence-electron chi connectivity index (χ3n) is 4.91. The SMILES string of the molecule is COc1cc(/C=C2\SC(=O)N(Cc3ccc(I)cc3)C2=O)ccc1OS(=O)(=O)c1ccc(Cl)cc1. The summed E-state index contributed by atoms with van der Waals surface area (Å²) in [7, 11) is -2.75. The van der Waals surface area contributed by atoms with E-state index in [1.807, 2.05) is 24.3 Å². The van der Waals surface area contributed by atoms with Crippen LogP contribution in [0, 0.1) is 3.57 Å². The molecule has 0 saturated carbocycles. The van der Waals surface area contributed by atoms with Crippen LogP contribution in [0.25, 0.3) is 6.08 Å². The second kappa shape index (κ2) is 10.6. The summed E-state index contributed by atoms with van der Waals surface area (Å²) in [5, 5.41) is 0.0367. The molecule has 1 saturated heterocycles. The Morgan fingerprint density at radius 1 is 1.00 bits per heavy atom. The quantitative estimate of drug-likeness (QED) is 0.179. The maximum absolute atomic E-state index is 12.9. The van der Waals surface area contributed by atoms with Crippen LogP contribution in [0.4, 0.5) is 4.79 Å². The van der Waals surface area contributed by atoms with Crippen molar-refractivity contribution in [1.29, 1.82) is 0 Å². The van der Waals surface area contributed by atoms with Crippen LogP contribution in [0.15, 0.2) is 76.5 Å². The van der Waals surface area contributed by atoms with Gasteiger partial charge in [0.25, 0.3) is 11.1 Å². The summed E-state index contributed by atoms with van der Waals surface area (Å²) in [6, 6.07) is 17.7. The molecule has 0 aromatic heterocycles. The van der Waals surface area contributed by atoms with Gasteiger partial charge in [-0.05, 0) is 100 Å². The summed E-state index contributed by atoms with van der Waals surface area (Å²) in [4.78, 5) is 26.7. The van der Waals surface area contributed by atoms with Crippen LogP contribution < -0.4 is 8.92 Å². The highest BCUT2D eigenvalue weighted by molar-refractivity contribution is 14.1. The van der Waals surface area contributed by atoms with E-state index in [0.29, 0.717) is 10.6 Å². The normalized spacial score (nSPS) is 15.1. The second-order valence-corrected chi connectivity index (χ2v) is 11.5. The van der Waals surface area contributed by atoms with Gasteiger partial charge in [0.05, 0.1) is 18.6 Å². The number of ether oxygens (including phenoxy) is 1. The van der Waals surface area contributed by atoms with Crippen molar-refractivity contribution in [3.63, 3.8) is 0 Å². The monoisotopic (exact) mass is 641 g/mol. The van der Waals surface area contributed by atoms with Gasteiger partial charge < -0.3 is 8.92 Å². The van der Waals surface area contributed by atoms with Crippen LogP contribution in [0.3, 0.4) is 0 Å². The van der Waals surface area contributed by atoms with Crippen molar-refractivity contribution in [2.45, 2.75) is 11.4 Å². The zero-order valence-electron chi connectivity index (χ0n) is 18.1. The van der Waals surface area contributed by atoms with Crippen LogP contribution in [-0.4, -0.2) is 31.6 Å². The molecule has 7 nitrogen and oxygen atoms in total. The molecule has 2 amide bonds. The Bertz CT molecular complexity index is 1420. The molecule has 0 atom stereocenters. The lowest BCUT2D eigenvalue weighted by Crippen LogP contribution is -2.27. The van der Waals surface area contributed by atoms with Gasteiger partial charge in [0, 0.05) is 8.59 Å². The number of thioether (sulfide) groups is 1. The molecule has 0 unspecified atom stereocenters. The number of nitrogens with zero attached hydrogens (tertiary/aromatic N) is 1. The average Bonchev–Trinajstić information content (AvgIpc) is 3.08. The molecule has 1 aliphatic heterocycles. The molecule has 0 radical (unpaired) electrons. The van der Waals surface area contributed by atoms with Crippen LogP contribution in [-0.2, 0) is 21.5 Å². The molecule has 0 spiro atoms. The Kier molecular flexibility index (Phi) is 7.74. The molecule has 1 heterocycles. The smallest absolute Gasteiger partial charge is 0.339 e. The lowest BCUT2D eigenvalue weighted by molar-refractivity contribution is -0.123. The molecule has 11 heteroatoms. The summed E-state index contributed by atoms with van der Waals surface area (Å²) in [6.07, 6.45) is 1.55. The molecule has 1 aliphatic rings. The molecule has 0 aliphatic carbocycles. The van der Waals surface area contributed by atoms with E-state index in [-0.39, 0.29) is 33.1 Å². The highest BCUT2D eigenvalue weighted by Crippen LogP contribution is 2.36. The first kappa shape index (κ1) is 25.5. The van der Waals surface area contributed by atoms with E-state index in [1.165, 1.54) is 48.4 Å². The summed E-state index contributed by atoms with van der Waals surface area (Å²) in [6.45, 7) is 0.178. The number of halogens is 2. The first-order valence-corrected chi connectivity index (χ1v) is 13.7. The molecule has 0 bridgehead atoms. The number of carbonyl (C=O) groups excluding carboxylic acids is 2. The third-order valence-corrected chi connectivity index (χ3v) is 8.04. The number of rotatable bonds is 7. The molecule has 3 aromatic carbocycles. The molecule has 3 aromatic rings. The summed E-state index contributed by atoms with van der Waals surface area (Å²) < 4.78 is 36.8. The zero-order valence-corrected chi connectivity index (χ0v) is 22.7. The number of hydrogen-bond acceptors (Lipinski definition) is 7. The summed E-state index contributed by atoms with van der Waals surface area (Å²) >= 11 is 8.85. The fourth-order valence-electron chi connectivity index (χ4n) is 3.17. The van der Waals surface area contributed by atoms with Crippen molar-refractivity contribution in [1.82, 2.24) is 4.90 Å². The molecule has 35 heavy (non-hydrogen) atoms. The van der Waals surface area contributed by atoms with Gasteiger partial charge in [-0.25, -0.2) is 0 Å². The Labute approximate surface area is 225 Å². The van der Waals surface area contributed by atoms with Crippen LogP contribution in [0.2, 0.25) is 5.02 Å². The average molecular weight is 642 g/mol. The minimum atomic E-state index is -4.12. The Hall–Kier alpha value is -2.54. The van der Waals surface area contributed by atoms with Gasteiger partial charge in [-0.2, -0.15) is 8.42 Å². The molecular weight excluding hydrogens is 625 g/mol. The first-order chi connectivity index (χ1) is 16.7. The fourth-order valence-corrected chi connectivity index (χ4v) is 5.43. The fraction of sp³-hybridized carbons (Fsp3) is 0.0833. The maximum Gasteiger partial charge on any atom is 0.339 e. The highest BCUT2D eigenvalue weighted by Gasteiger charge is 2.35. The Morgan fingerprint density at radius 3 is 2.34 bits per heavy atom. The van der Waals surface area contributed by atoms with E-state index < -0.39 is 16.0 Å². The maximum atomic E-state index is 12.9. The van der Waals surface area contributed by atoms with Crippen molar-refractivity contribution in [2.24, 2.45) is 0 Å². The van der Waals surface area contributed by atoms with Crippen molar-refractivity contribution < 1.29 is 26.9 Å². The van der Waals surface area contributed by atoms with Crippen molar-refractivity contribution >= 4 is 73.3 Å². The van der Waals surface area contributed by atoms with Gasteiger partial charge in [-0.15, -0.1) is 0 Å². The number of methoxy groups -OCH3 is 1. The van der Waals surface area contributed by atoms with Crippen molar-refractivity contribution in [2.75, 3.05) is 7.11 Å². The predicted molar refractivity (Wildman–Crippen MR) is 143 cm³/mol. The zero-order chi connectivity index (χ0) is 25.2. The third kappa shape index (κ3) is 6.00. The van der Waals surface area contributed by atoms with Gasteiger partial charge in [-0.3, -0.25) is 14.5 Å². The minimum absolute atomic E-state index is 0.0218. The lowest BCUT2D eigenvalue weighted by atomic mass is 10.1. The van der Waals surface area contributed by atoms with E-state index >= 15 is 0 Å². The van der Waals surface area contributed by atoms with Crippen LogP contribution >= 0.6 is 46.0 Å². The van der Waals surface area contributed by atoms with Crippen LogP contribution in [0.1, 0.15) is 11.1 Å². The van der Waals surface area contributed by atoms with Gasteiger partial charge in [0.15, 0.2) is 11.5 Å². The number of benzene rings is 3. The van der Waals surface area contributed by atoms with Gasteiger partial charge >= 0.3 is 10.1 Å². The number of hydrogen-bond donors (Lipinski definition) is 0. The van der Waals surface area contributed by atoms with E-state index in [2.05, 4.69) is 22.6 Å². The molecule has 1 fully saturated rings. The van der Waals surface area contributed by atoms with Crippen LogP contribution in [0.5, 0.6) is 11.5 Å². The Morgan fingerprint density at radius 2 is 1.69 bits per heavy atom. The molecule has 180 valence electrons. The van der Waals surface area contributed by atoms with Gasteiger partial charge in [0.2, 0.25) is 0 Å². The molecular formula is C24H17ClINO6S2. The van der Waals surface area contributed by atoms with Crippen molar-refractivity contribution in [3.05, 3.63) is 91.4 Å². The topological polar surface area (TPSA) is 90.0 Å². The van der Waals surface area contributed by atoms with Gasteiger partial charge in [-0.1, -0.05) is 29.8 Å². The number of amides is 2. The highest BCUT2D eigenvalue weighted by atomic mass is 127. The number of imide groups is 1. The minimum Gasteiger partial charge on any atom is -0.493 e. The lowest BCUT2D eigenvalue weighted by Gasteiger charge is -2.12. The Balaban J connectivity index is 1.54. The van der Waals surface area contributed by atoms with E-state index in [9.17, 15) is 18.0 Å². The molecule has 4 rings (SSSR count). The summed E-state index contributed by atoms with van der Waals surface area (Å²) in [5.41, 5.74) is 1.39. The molecule has 0 N–H and O–H groups in total. The predicted octanol–water partition coefficient (Wildman–Crippen LogP) is 5.96. The van der Waals surface area contributed by atoms with Crippen molar-refractivity contribution in [3.8, 4) is 11.5 Å². The van der Waals surface area contributed by atoms with E-state index in [1.54, 1.807) is 12.1 Å². The standard InChI is InChI=1S/C24H17ClINO6S2/c1-32-21-12-16(4-11-20(21)33-35(30,31)19-9-5-17(25)6-10-19)13-22-23(28)27(24(29)34-22)14-15-2-7-18(26)8-3-15/h2-13H,14H2,1H3/b22-13-. The summed E-state index contributed by atoms with van der Waals surface area (Å²) in [5.74, 6) is -0.274. The van der Waals surface area contributed by atoms with E-state index in [0.717, 1.165) is 20.9 Å². The second-order valence-electron chi connectivity index (χ2n) is 7.30. The first-order valence-electron chi connectivity index (χ1n) is 10.0. The largest absolute Gasteiger partial charge is 0.493 e. The van der Waals surface area contributed by atoms with Gasteiger partial charge in [0.1, 0.15) is 4.90 Å².